The van der Waals surface area contributed by atoms with Crippen LogP contribution in [0.2, 0.25) is 0 Å². The monoisotopic (exact) mass is 422 g/mol. The molecule has 1 aromatic heterocycles. The van der Waals surface area contributed by atoms with Gasteiger partial charge in [0.1, 0.15) is 11.5 Å². The van der Waals surface area contributed by atoms with Gasteiger partial charge in [0.25, 0.3) is 5.91 Å². The number of hydrogen-bond acceptors (Lipinski definition) is 7. The number of aromatic nitrogens is 4. The highest BCUT2D eigenvalue weighted by atomic mass is 16.5. The van der Waals surface area contributed by atoms with Crippen LogP contribution in [0, 0.1) is 0 Å². The van der Waals surface area contributed by atoms with Crippen LogP contribution >= 0.6 is 0 Å². The van der Waals surface area contributed by atoms with Crippen molar-refractivity contribution in [1.82, 2.24) is 30.0 Å². The van der Waals surface area contributed by atoms with Gasteiger partial charge in [-0.25, -0.2) is 0 Å². The summed E-state index contributed by atoms with van der Waals surface area (Å²) in [7, 11) is 1.58. The molecule has 1 amide bonds. The number of tetrazole rings is 1. The number of para-hydroxylation sites is 1. The van der Waals surface area contributed by atoms with E-state index in [1.165, 1.54) is 0 Å². The molecule has 31 heavy (non-hydrogen) atoms. The molecule has 0 spiro atoms. The third kappa shape index (κ3) is 4.66. The fourth-order valence-electron chi connectivity index (χ4n) is 3.66. The number of methoxy groups -OCH3 is 1. The summed E-state index contributed by atoms with van der Waals surface area (Å²) in [4.78, 5) is 17.0. The molecule has 1 aliphatic rings. The lowest BCUT2D eigenvalue weighted by molar-refractivity contribution is 0.0621. The van der Waals surface area contributed by atoms with Gasteiger partial charge in [-0.2, -0.15) is 4.68 Å². The molecule has 162 valence electrons. The molecule has 0 atom stereocenters. The Labute approximate surface area is 181 Å². The zero-order valence-electron chi connectivity index (χ0n) is 17.8. The standard InChI is InChI=1S/C22H26N6O3/c1-3-31-18-10-8-17(9-11-18)28-21(23-24-25-28)16-26-12-14-27(15-13-26)22(29)19-6-4-5-7-20(19)30-2/h4-11H,3,12-16H2,1-2H3. The Balaban J connectivity index is 1.38. The second-order valence-corrected chi connectivity index (χ2v) is 7.20. The van der Waals surface area contributed by atoms with Crippen LogP contribution in [-0.2, 0) is 6.54 Å². The van der Waals surface area contributed by atoms with Crippen LogP contribution in [0.1, 0.15) is 23.1 Å². The van der Waals surface area contributed by atoms with E-state index in [0.717, 1.165) is 30.4 Å². The molecular formula is C22H26N6O3. The lowest BCUT2D eigenvalue weighted by Gasteiger charge is -2.34. The van der Waals surface area contributed by atoms with E-state index in [1.54, 1.807) is 17.9 Å². The summed E-state index contributed by atoms with van der Waals surface area (Å²) in [6.07, 6.45) is 0. The quantitative estimate of drug-likeness (QED) is 0.576. The minimum atomic E-state index is -0.00341. The van der Waals surface area contributed by atoms with Gasteiger partial charge >= 0.3 is 0 Å². The predicted molar refractivity (Wildman–Crippen MR) is 114 cm³/mol. The molecule has 2 aromatic carbocycles. The van der Waals surface area contributed by atoms with Gasteiger partial charge in [-0.05, 0) is 53.7 Å². The van der Waals surface area contributed by atoms with Gasteiger partial charge in [0, 0.05) is 26.2 Å². The van der Waals surface area contributed by atoms with Crippen molar-refractivity contribution in [2.45, 2.75) is 13.5 Å². The number of carbonyl (C=O) groups is 1. The zero-order chi connectivity index (χ0) is 21.6. The Bertz CT molecular complexity index is 1010. The zero-order valence-corrected chi connectivity index (χ0v) is 17.8. The molecule has 3 aromatic rings. The van der Waals surface area contributed by atoms with Crippen molar-refractivity contribution in [2.75, 3.05) is 39.9 Å². The number of carbonyl (C=O) groups excluding carboxylic acids is 1. The summed E-state index contributed by atoms with van der Waals surface area (Å²) in [5.74, 6) is 2.17. The molecule has 0 saturated carbocycles. The van der Waals surface area contributed by atoms with E-state index in [9.17, 15) is 4.79 Å². The summed E-state index contributed by atoms with van der Waals surface area (Å²) >= 11 is 0. The van der Waals surface area contributed by atoms with Crippen LogP contribution in [0.4, 0.5) is 0 Å². The SMILES string of the molecule is CCOc1ccc(-n2nnnc2CN2CCN(C(=O)c3ccccc3OC)CC2)cc1. The molecule has 1 saturated heterocycles. The maximum Gasteiger partial charge on any atom is 0.257 e. The molecule has 0 N–H and O–H groups in total. The van der Waals surface area contributed by atoms with E-state index in [0.29, 0.717) is 37.6 Å². The number of amides is 1. The van der Waals surface area contributed by atoms with Gasteiger partial charge in [-0.3, -0.25) is 9.69 Å². The minimum absolute atomic E-state index is 0.00341. The molecule has 0 aliphatic carbocycles. The summed E-state index contributed by atoms with van der Waals surface area (Å²) < 4.78 is 12.6. The molecule has 0 radical (unpaired) electrons. The predicted octanol–water partition coefficient (Wildman–Crippen LogP) is 2.03. The first-order chi connectivity index (χ1) is 15.2. The molecule has 2 heterocycles. The van der Waals surface area contributed by atoms with E-state index in [2.05, 4.69) is 20.4 Å². The lowest BCUT2D eigenvalue weighted by Crippen LogP contribution is -2.48. The first-order valence-corrected chi connectivity index (χ1v) is 10.3. The van der Waals surface area contributed by atoms with Gasteiger partial charge in [0.2, 0.25) is 0 Å². The van der Waals surface area contributed by atoms with Crippen molar-refractivity contribution in [2.24, 2.45) is 0 Å². The smallest absolute Gasteiger partial charge is 0.257 e. The van der Waals surface area contributed by atoms with E-state index in [1.807, 2.05) is 54.3 Å². The largest absolute Gasteiger partial charge is 0.496 e. The molecular weight excluding hydrogens is 396 g/mol. The minimum Gasteiger partial charge on any atom is -0.496 e. The Hall–Kier alpha value is -3.46. The summed E-state index contributed by atoms with van der Waals surface area (Å²) in [5.41, 5.74) is 1.48. The van der Waals surface area contributed by atoms with E-state index in [4.69, 9.17) is 9.47 Å². The molecule has 1 aliphatic heterocycles. The Morgan fingerprint density at radius 3 is 2.48 bits per heavy atom. The van der Waals surface area contributed by atoms with Crippen molar-refractivity contribution in [3.63, 3.8) is 0 Å². The van der Waals surface area contributed by atoms with Crippen LogP contribution in [0.15, 0.2) is 48.5 Å². The van der Waals surface area contributed by atoms with E-state index in [-0.39, 0.29) is 5.91 Å². The van der Waals surface area contributed by atoms with Crippen LogP contribution in [-0.4, -0.2) is 75.8 Å². The third-order valence-corrected chi connectivity index (χ3v) is 5.29. The molecule has 1 fully saturated rings. The van der Waals surface area contributed by atoms with Crippen LogP contribution in [0.3, 0.4) is 0 Å². The van der Waals surface area contributed by atoms with Crippen molar-refractivity contribution < 1.29 is 14.3 Å². The highest BCUT2D eigenvalue weighted by molar-refractivity contribution is 5.97. The molecule has 0 bridgehead atoms. The van der Waals surface area contributed by atoms with Crippen molar-refractivity contribution in [1.29, 1.82) is 0 Å². The normalized spacial score (nSPS) is 14.5. The van der Waals surface area contributed by atoms with Crippen molar-refractivity contribution in [3.8, 4) is 17.2 Å². The van der Waals surface area contributed by atoms with Crippen molar-refractivity contribution >= 4 is 5.91 Å². The average molecular weight is 422 g/mol. The lowest BCUT2D eigenvalue weighted by atomic mass is 10.1. The number of hydrogen-bond donors (Lipinski definition) is 0. The maximum atomic E-state index is 12.9. The number of piperazine rings is 1. The Kier molecular flexibility index (Phi) is 6.42. The number of rotatable bonds is 7. The number of ether oxygens (including phenoxy) is 2. The molecule has 0 unspecified atom stereocenters. The molecule has 9 nitrogen and oxygen atoms in total. The fraction of sp³-hybridized carbons (Fsp3) is 0.364. The summed E-state index contributed by atoms with van der Waals surface area (Å²) in [5, 5.41) is 12.2. The first-order valence-electron chi connectivity index (χ1n) is 10.3. The molecule has 9 heteroatoms. The maximum absolute atomic E-state index is 12.9. The van der Waals surface area contributed by atoms with Gasteiger partial charge in [0.05, 0.1) is 31.5 Å². The van der Waals surface area contributed by atoms with Gasteiger partial charge in [-0.15, -0.1) is 5.10 Å². The van der Waals surface area contributed by atoms with Crippen LogP contribution < -0.4 is 9.47 Å². The summed E-state index contributed by atoms with van der Waals surface area (Å²) in [6, 6.07) is 15.0. The number of nitrogens with zero attached hydrogens (tertiary/aromatic N) is 6. The van der Waals surface area contributed by atoms with E-state index >= 15 is 0 Å². The summed E-state index contributed by atoms with van der Waals surface area (Å²) in [6.45, 7) is 5.96. The molecule has 4 rings (SSSR count). The van der Waals surface area contributed by atoms with E-state index < -0.39 is 0 Å². The van der Waals surface area contributed by atoms with Gasteiger partial charge < -0.3 is 14.4 Å². The Morgan fingerprint density at radius 2 is 1.77 bits per heavy atom. The fourth-order valence-corrected chi connectivity index (χ4v) is 3.66. The average Bonchev–Trinajstić information content (AvgIpc) is 3.28. The highest BCUT2D eigenvalue weighted by Crippen LogP contribution is 2.21. The second-order valence-electron chi connectivity index (χ2n) is 7.20. The van der Waals surface area contributed by atoms with Crippen LogP contribution in [0.25, 0.3) is 5.69 Å². The van der Waals surface area contributed by atoms with Crippen molar-refractivity contribution in [3.05, 3.63) is 59.9 Å². The van der Waals surface area contributed by atoms with Gasteiger partial charge in [-0.1, -0.05) is 12.1 Å². The number of benzene rings is 2. The first kappa shape index (κ1) is 20.8. The van der Waals surface area contributed by atoms with Gasteiger partial charge in [0.15, 0.2) is 5.82 Å². The second kappa shape index (κ2) is 9.57. The third-order valence-electron chi connectivity index (χ3n) is 5.29. The topological polar surface area (TPSA) is 85.6 Å². The van der Waals surface area contributed by atoms with Crippen LogP contribution in [0.5, 0.6) is 11.5 Å². The highest BCUT2D eigenvalue weighted by Gasteiger charge is 2.25. The Morgan fingerprint density at radius 1 is 1.03 bits per heavy atom.